The molecule has 0 bridgehead atoms. The van der Waals surface area contributed by atoms with Crippen LogP contribution in [0.15, 0.2) is 16.6 Å². The predicted octanol–water partition coefficient (Wildman–Crippen LogP) is 1.59. The van der Waals surface area contributed by atoms with Gasteiger partial charge in [0.15, 0.2) is 5.78 Å². The quantitative estimate of drug-likeness (QED) is 0.841. The molecule has 1 N–H and O–H groups in total. The minimum Gasteiger partial charge on any atom is -0.478 e. The molecule has 1 fully saturated rings. The molecule has 0 radical (unpaired) electrons. The smallest absolute Gasteiger partial charge is 0.337 e. The van der Waals surface area contributed by atoms with E-state index in [0.717, 1.165) is 17.0 Å². The molecule has 1 aromatic carbocycles. The SMILES string of the molecule is O=C1CC(=O)N(c2c(Br)cc(F)cc2C(=O)O)C1. The standard InChI is InChI=1S/C11H7BrFNO4/c12-8-2-5(13)1-7(11(17)18)10(8)14-4-6(15)3-9(14)16/h1-2H,3-4H2,(H,17,18). The molecule has 0 atom stereocenters. The molecule has 1 aliphatic rings. The van der Waals surface area contributed by atoms with Gasteiger partial charge in [-0.25, -0.2) is 9.18 Å². The van der Waals surface area contributed by atoms with Crippen molar-refractivity contribution in [3.63, 3.8) is 0 Å². The first kappa shape index (κ1) is 12.7. The molecule has 0 aromatic heterocycles. The highest BCUT2D eigenvalue weighted by atomic mass is 79.9. The van der Waals surface area contributed by atoms with Gasteiger partial charge in [0.25, 0.3) is 0 Å². The Bertz CT molecular complexity index is 572. The van der Waals surface area contributed by atoms with Gasteiger partial charge in [0.1, 0.15) is 5.82 Å². The van der Waals surface area contributed by atoms with Crippen molar-refractivity contribution in [2.24, 2.45) is 0 Å². The Morgan fingerprint density at radius 2 is 2.06 bits per heavy atom. The number of amides is 1. The third kappa shape index (κ3) is 2.13. The minimum absolute atomic E-state index is 0.0137. The number of ketones is 1. The molecule has 18 heavy (non-hydrogen) atoms. The topological polar surface area (TPSA) is 74.7 Å². The summed E-state index contributed by atoms with van der Waals surface area (Å²) in [7, 11) is 0. The maximum absolute atomic E-state index is 13.2. The maximum Gasteiger partial charge on any atom is 0.337 e. The Morgan fingerprint density at radius 3 is 2.56 bits per heavy atom. The monoisotopic (exact) mass is 315 g/mol. The highest BCUT2D eigenvalue weighted by molar-refractivity contribution is 9.10. The Morgan fingerprint density at radius 1 is 1.39 bits per heavy atom. The van der Waals surface area contributed by atoms with Crippen molar-refractivity contribution in [1.29, 1.82) is 0 Å². The number of rotatable bonds is 2. The molecule has 1 heterocycles. The van der Waals surface area contributed by atoms with E-state index in [0.29, 0.717) is 0 Å². The van der Waals surface area contributed by atoms with Crippen molar-refractivity contribution >= 4 is 39.3 Å². The van der Waals surface area contributed by atoms with Crippen LogP contribution in [0.2, 0.25) is 0 Å². The molecule has 5 nitrogen and oxygen atoms in total. The number of carbonyl (C=O) groups is 3. The number of anilines is 1. The fraction of sp³-hybridized carbons (Fsp3) is 0.182. The number of carbonyl (C=O) groups excluding carboxylic acids is 2. The van der Waals surface area contributed by atoms with Gasteiger partial charge in [-0.05, 0) is 28.1 Å². The van der Waals surface area contributed by atoms with E-state index in [9.17, 15) is 18.8 Å². The number of carboxylic acid groups (broad SMARTS) is 1. The normalized spacial score (nSPS) is 15.3. The van der Waals surface area contributed by atoms with Crippen molar-refractivity contribution in [2.45, 2.75) is 6.42 Å². The van der Waals surface area contributed by atoms with E-state index in [1.807, 2.05) is 0 Å². The fourth-order valence-electron chi connectivity index (χ4n) is 1.79. The van der Waals surface area contributed by atoms with E-state index >= 15 is 0 Å². The van der Waals surface area contributed by atoms with Crippen LogP contribution in [0.5, 0.6) is 0 Å². The average Bonchev–Trinajstić information content (AvgIpc) is 2.56. The molecule has 0 spiro atoms. The largest absolute Gasteiger partial charge is 0.478 e. The van der Waals surface area contributed by atoms with Gasteiger partial charge in [-0.15, -0.1) is 0 Å². The summed E-state index contributed by atoms with van der Waals surface area (Å²) in [5.74, 6) is -2.89. The highest BCUT2D eigenvalue weighted by Crippen LogP contribution is 2.33. The Kier molecular flexibility index (Phi) is 3.16. The molecule has 1 aromatic rings. The van der Waals surface area contributed by atoms with Crippen LogP contribution in [0, 0.1) is 5.82 Å². The molecule has 0 aliphatic carbocycles. The van der Waals surface area contributed by atoms with Crippen LogP contribution < -0.4 is 4.90 Å². The second kappa shape index (κ2) is 4.49. The van der Waals surface area contributed by atoms with E-state index in [1.54, 1.807) is 0 Å². The molecule has 94 valence electrons. The lowest BCUT2D eigenvalue weighted by molar-refractivity contribution is -0.121. The van der Waals surface area contributed by atoms with Gasteiger partial charge in [-0.2, -0.15) is 0 Å². The first-order valence-electron chi connectivity index (χ1n) is 4.94. The van der Waals surface area contributed by atoms with Crippen LogP contribution in [0.3, 0.4) is 0 Å². The van der Waals surface area contributed by atoms with E-state index in [2.05, 4.69) is 15.9 Å². The van der Waals surface area contributed by atoms with Gasteiger partial charge >= 0.3 is 5.97 Å². The van der Waals surface area contributed by atoms with Crippen molar-refractivity contribution < 1.29 is 23.9 Å². The van der Waals surface area contributed by atoms with Crippen molar-refractivity contribution in [1.82, 2.24) is 0 Å². The van der Waals surface area contributed by atoms with Crippen LogP contribution in [-0.4, -0.2) is 29.3 Å². The van der Waals surface area contributed by atoms with Crippen LogP contribution in [0.1, 0.15) is 16.8 Å². The zero-order chi connectivity index (χ0) is 13.4. The summed E-state index contributed by atoms with van der Waals surface area (Å²) in [6.45, 7) is -0.191. The van der Waals surface area contributed by atoms with Gasteiger partial charge in [-0.1, -0.05) is 0 Å². The Labute approximate surface area is 109 Å². The van der Waals surface area contributed by atoms with Crippen LogP contribution in [0.4, 0.5) is 10.1 Å². The minimum atomic E-state index is -1.36. The number of aromatic carboxylic acids is 1. The van der Waals surface area contributed by atoms with Gasteiger partial charge in [-0.3, -0.25) is 9.59 Å². The number of Topliss-reactive ketones (excluding diaryl/α,β-unsaturated/α-hetero) is 1. The van der Waals surface area contributed by atoms with Gasteiger partial charge in [0.2, 0.25) is 5.91 Å². The van der Waals surface area contributed by atoms with Crippen LogP contribution >= 0.6 is 15.9 Å². The second-order valence-electron chi connectivity index (χ2n) is 3.78. The molecule has 1 amide bonds. The fourth-order valence-corrected chi connectivity index (χ4v) is 2.44. The third-order valence-electron chi connectivity index (χ3n) is 2.51. The summed E-state index contributed by atoms with van der Waals surface area (Å²) in [6.07, 6.45) is -0.261. The summed E-state index contributed by atoms with van der Waals surface area (Å²) in [5, 5.41) is 9.02. The molecule has 2 rings (SSSR count). The Balaban J connectivity index is 2.59. The number of nitrogens with zero attached hydrogens (tertiary/aromatic N) is 1. The highest BCUT2D eigenvalue weighted by Gasteiger charge is 2.33. The average molecular weight is 316 g/mol. The van der Waals surface area contributed by atoms with E-state index in [-0.39, 0.29) is 34.5 Å². The van der Waals surface area contributed by atoms with Gasteiger partial charge < -0.3 is 10.0 Å². The van der Waals surface area contributed by atoms with E-state index in [1.165, 1.54) is 0 Å². The lowest BCUT2D eigenvalue weighted by Gasteiger charge is -2.19. The van der Waals surface area contributed by atoms with Gasteiger partial charge in [0.05, 0.1) is 24.2 Å². The number of hydrogen-bond acceptors (Lipinski definition) is 3. The lowest BCUT2D eigenvalue weighted by atomic mass is 10.1. The van der Waals surface area contributed by atoms with Gasteiger partial charge in [0, 0.05) is 4.47 Å². The summed E-state index contributed by atoms with van der Waals surface area (Å²) in [5.41, 5.74) is -0.343. The van der Waals surface area contributed by atoms with Crippen LogP contribution in [0.25, 0.3) is 0 Å². The number of halogens is 2. The van der Waals surface area contributed by atoms with E-state index < -0.39 is 17.7 Å². The molecule has 0 unspecified atom stereocenters. The first-order valence-corrected chi connectivity index (χ1v) is 5.74. The Hall–Kier alpha value is -1.76. The van der Waals surface area contributed by atoms with Crippen molar-refractivity contribution in [3.8, 4) is 0 Å². The number of carboxylic acids is 1. The maximum atomic E-state index is 13.2. The second-order valence-corrected chi connectivity index (χ2v) is 4.64. The molecular weight excluding hydrogens is 309 g/mol. The molecule has 0 saturated carbocycles. The summed E-state index contributed by atoms with van der Waals surface area (Å²) < 4.78 is 13.3. The molecule has 7 heteroatoms. The van der Waals surface area contributed by atoms with Crippen molar-refractivity contribution in [3.05, 3.63) is 28.0 Å². The summed E-state index contributed by atoms with van der Waals surface area (Å²) in [6, 6.07) is 1.87. The molecule has 1 aliphatic heterocycles. The zero-order valence-corrected chi connectivity index (χ0v) is 10.5. The molecular formula is C11H7BrFNO4. The summed E-state index contributed by atoms with van der Waals surface area (Å²) >= 11 is 3.02. The third-order valence-corrected chi connectivity index (χ3v) is 3.12. The van der Waals surface area contributed by atoms with Crippen LogP contribution in [-0.2, 0) is 9.59 Å². The predicted molar refractivity (Wildman–Crippen MR) is 63.0 cm³/mol. The lowest BCUT2D eigenvalue weighted by Crippen LogP contribution is -2.27. The van der Waals surface area contributed by atoms with Crippen molar-refractivity contribution in [2.75, 3.05) is 11.4 Å². The number of hydrogen-bond donors (Lipinski definition) is 1. The molecule has 1 saturated heterocycles. The first-order chi connectivity index (χ1) is 8.40. The van der Waals surface area contributed by atoms with E-state index in [4.69, 9.17) is 5.11 Å². The summed E-state index contributed by atoms with van der Waals surface area (Å²) in [4.78, 5) is 34.9. The zero-order valence-electron chi connectivity index (χ0n) is 8.94. The number of benzene rings is 1.